The summed E-state index contributed by atoms with van der Waals surface area (Å²) in [6.07, 6.45) is 0. The van der Waals surface area contributed by atoms with Crippen LogP contribution < -0.4 is 14.8 Å². The second-order valence-corrected chi connectivity index (χ2v) is 5.91. The monoisotopic (exact) mass is 333 g/mol. The summed E-state index contributed by atoms with van der Waals surface area (Å²) in [6.45, 7) is 4.68. The molecule has 0 unspecified atom stereocenters. The van der Waals surface area contributed by atoms with E-state index in [0.717, 1.165) is 5.75 Å². The van der Waals surface area contributed by atoms with Crippen LogP contribution in [-0.4, -0.2) is 19.1 Å². The van der Waals surface area contributed by atoms with Gasteiger partial charge in [-0.25, -0.2) is 0 Å². The van der Waals surface area contributed by atoms with Crippen molar-refractivity contribution >= 4 is 23.2 Å². The van der Waals surface area contributed by atoms with E-state index in [1.165, 1.54) is 0 Å². The first-order valence-corrected chi connectivity index (χ1v) is 7.82. The minimum Gasteiger partial charge on any atom is -0.493 e. The van der Waals surface area contributed by atoms with Gasteiger partial charge in [0.2, 0.25) is 0 Å². The lowest BCUT2D eigenvalue weighted by molar-refractivity contribution is -0.118. The van der Waals surface area contributed by atoms with E-state index in [1.807, 2.05) is 12.1 Å². The molecular weight excluding hydrogens is 314 g/mol. The second-order valence-electron chi connectivity index (χ2n) is 5.50. The number of hydrogen-bond acceptors (Lipinski definition) is 3. The fraction of sp³-hybridized carbons (Fsp3) is 0.278. The van der Waals surface area contributed by atoms with Crippen molar-refractivity contribution in [2.75, 3.05) is 18.5 Å². The van der Waals surface area contributed by atoms with Crippen molar-refractivity contribution in [3.8, 4) is 11.5 Å². The van der Waals surface area contributed by atoms with E-state index in [0.29, 0.717) is 29.0 Å². The topological polar surface area (TPSA) is 47.6 Å². The molecule has 0 saturated heterocycles. The van der Waals surface area contributed by atoms with Gasteiger partial charge in [-0.3, -0.25) is 4.79 Å². The summed E-state index contributed by atoms with van der Waals surface area (Å²) < 4.78 is 11.0. The predicted molar refractivity (Wildman–Crippen MR) is 92.4 cm³/mol. The van der Waals surface area contributed by atoms with Crippen LogP contribution in [0.5, 0.6) is 11.5 Å². The van der Waals surface area contributed by atoms with Crippen LogP contribution in [0.3, 0.4) is 0 Å². The van der Waals surface area contributed by atoms with Crippen LogP contribution in [0.2, 0.25) is 5.02 Å². The fourth-order valence-electron chi connectivity index (χ4n) is 1.83. The number of anilines is 1. The molecule has 0 radical (unpaired) electrons. The molecule has 0 heterocycles. The maximum Gasteiger partial charge on any atom is 0.262 e. The quantitative estimate of drug-likeness (QED) is 0.817. The van der Waals surface area contributed by atoms with Gasteiger partial charge in [-0.2, -0.15) is 0 Å². The van der Waals surface area contributed by atoms with Crippen LogP contribution >= 0.6 is 11.6 Å². The Hall–Kier alpha value is -2.20. The Kier molecular flexibility index (Phi) is 6.29. The predicted octanol–water partition coefficient (Wildman–Crippen LogP) is 4.39. The summed E-state index contributed by atoms with van der Waals surface area (Å²) in [5.41, 5.74) is 0.666. The zero-order valence-corrected chi connectivity index (χ0v) is 14.0. The number of ether oxygens (including phenoxy) is 2. The van der Waals surface area contributed by atoms with E-state index in [1.54, 1.807) is 36.4 Å². The number of nitrogens with one attached hydrogen (secondary N) is 1. The van der Waals surface area contributed by atoms with Crippen molar-refractivity contribution in [3.63, 3.8) is 0 Å². The van der Waals surface area contributed by atoms with Crippen molar-refractivity contribution in [2.24, 2.45) is 5.92 Å². The highest BCUT2D eigenvalue weighted by Gasteiger charge is 2.07. The molecule has 0 saturated carbocycles. The number of para-hydroxylation sites is 1. The first-order chi connectivity index (χ1) is 11.0. The Morgan fingerprint density at radius 3 is 2.65 bits per heavy atom. The zero-order valence-electron chi connectivity index (χ0n) is 13.2. The molecule has 5 heteroatoms. The van der Waals surface area contributed by atoms with Gasteiger partial charge in [-0.05, 0) is 30.2 Å². The van der Waals surface area contributed by atoms with Crippen LogP contribution in [-0.2, 0) is 4.79 Å². The fourth-order valence-corrected chi connectivity index (χ4v) is 2.02. The van der Waals surface area contributed by atoms with E-state index in [4.69, 9.17) is 21.1 Å². The lowest BCUT2D eigenvalue weighted by Gasteiger charge is -2.11. The van der Waals surface area contributed by atoms with Crippen LogP contribution in [0.1, 0.15) is 13.8 Å². The van der Waals surface area contributed by atoms with Gasteiger partial charge in [0.05, 0.1) is 11.6 Å². The molecule has 0 aliphatic carbocycles. The van der Waals surface area contributed by atoms with Crippen molar-refractivity contribution in [1.29, 1.82) is 0 Å². The van der Waals surface area contributed by atoms with Crippen LogP contribution in [0.4, 0.5) is 5.69 Å². The molecule has 2 aromatic rings. The molecule has 4 nitrogen and oxygen atoms in total. The Bertz CT molecular complexity index is 658. The molecule has 23 heavy (non-hydrogen) atoms. The van der Waals surface area contributed by atoms with Crippen LogP contribution in [0.15, 0.2) is 48.5 Å². The average Bonchev–Trinajstić information content (AvgIpc) is 2.52. The van der Waals surface area contributed by atoms with E-state index in [2.05, 4.69) is 19.2 Å². The van der Waals surface area contributed by atoms with Gasteiger partial charge in [0.15, 0.2) is 6.61 Å². The third-order valence-corrected chi connectivity index (χ3v) is 3.21. The van der Waals surface area contributed by atoms with Crippen LogP contribution in [0.25, 0.3) is 0 Å². The summed E-state index contributed by atoms with van der Waals surface area (Å²) in [5.74, 6) is 1.39. The first-order valence-electron chi connectivity index (χ1n) is 7.44. The van der Waals surface area contributed by atoms with Gasteiger partial charge in [0, 0.05) is 11.8 Å². The van der Waals surface area contributed by atoms with Crippen molar-refractivity contribution in [1.82, 2.24) is 0 Å². The van der Waals surface area contributed by atoms with Crippen molar-refractivity contribution < 1.29 is 14.3 Å². The molecule has 122 valence electrons. The number of carbonyl (C=O) groups excluding carboxylic acids is 1. The highest BCUT2D eigenvalue weighted by molar-refractivity contribution is 6.32. The number of benzene rings is 2. The third kappa shape index (κ3) is 5.83. The SMILES string of the molecule is CC(C)COc1cccc(NC(=O)COc2ccccc2Cl)c1. The lowest BCUT2D eigenvalue weighted by atomic mass is 10.2. The molecule has 1 N–H and O–H groups in total. The van der Waals surface area contributed by atoms with E-state index in [-0.39, 0.29) is 12.5 Å². The first kappa shape index (κ1) is 17.2. The van der Waals surface area contributed by atoms with Crippen molar-refractivity contribution in [3.05, 3.63) is 53.6 Å². The normalized spacial score (nSPS) is 10.4. The Morgan fingerprint density at radius 2 is 1.91 bits per heavy atom. The highest BCUT2D eigenvalue weighted by Crippen LogP contribution is 2.23. The number of hydrogen-bond donors (Lipinski definition) is 1. The van der Waals surface area contributed by atoms with E-state index >= 15 is 0 Å². The minimum absolute atomic E-state index is 0.110. The molecule has 0 atom stereocenters. The molecule has 0 aromatic heterocycles. The van der Waals surface area contributed by atoms with Crippen LogP contribution in [0, 0.1) is 5.92 Å². The van der Waals surface area contributed by atoms with E-state index < -0.39 is 0 Å². The van der Waals surface area contributed by atoms with E-state index in [9.17, 15) is 4.79 Å². The maximum atomic E-state index is 12.0. The smallest absolute Gasteiger partial charge is 0.262 e. The number of amides is 1. The zero-order chi connectivity index (χ0) is 16.7. The summed E-state index contributed by atoms with van der Waals surface area (Å²) in [5, 5.41) is 3.25. The largest absolute Gasteiger partial charge is 0.493 e. The standard InChI is InChI=1S/C18H20ClNO3/c1-13(2)11-22-15-7-5-6-14(10-15)20-18(21)12-23-17-9-4-3-8-16(17)19/h3-10,13H,11-12H2,1-2H3,(H,20,21). The lowest BCUT2D eigenvalue weighted by Crippen LogP contribution is -2.20. The second kappa shape index (κ2) is 8.44. The number of halogens is 1. The van der Waals surface area contributed by atoms with Gasteiger partial charge >= 0.3 is 0 Å². The Labute approximate surface area is 141 Å². The molecule has 0 aliphatic rings. The molecule has 1 amide bonds. The average molecular weight is 334 g/mol. The Balaban J connectivity index is 1.87. The molecule has 2 aromatic carbocycles. The molecule has 0 aliphatic heterocycles. The maximum absolute atomic E-state index is 12.0. The highest BCUT2D eigenvalue weighted by atomic mass is 35.5. The van der Waals surface area contributed by atoms with Gasteiger partial charge in [-0.1, -0.05) is 43.6 Å². The van der Waals surface area contributed by atoms with Gasteiger partial charge < -0.3 is 14.8 Å². The summed E-state index contributed by atoms with van der Waals surface area (Å²) in [6, 6.07) is 14.3. The molecule has 0 spiro atoms. The van der Waals surface area contributed by atoms with Crippen molar-refractivity contribution in [2.45, 2.75) is 13.8 Å². The van der Waals surface area contributed by atoms with Gasteiger partial charge in [0.25, 0.3) is 5.91 Å². The van der Waals surface area contributed by atoms with Gasteiger partial charge in [-0.15, -0.1) is 0 Å². The summed E-state index contributed by atoms with van der Waals surface area (Å²) in [4.78, 5) is 12.0. The van der Waals surface area contributed by atoms with Gasteiger partial charge in [0.1, 0.15) is 11.5 Å². The minimum atomic E-state index is -0.258. The molecular formula is C18H20ClNO3. The summed E-state index contributed by atoms with van der Waals surface area (Å²) >= 11 is 5.98. The summed E-state index contributed by atoms with van der Waals surface area (Å²) in [7, 11) is 0. The molecule has 0 bridgehead atoms. The number of carbonyl (C=O) groups is 1. The number of rotatable bonds is 7. The Morgan fingerprint density at radius 1 is 1.13 bits per heavy atom. The third-order valence-electron chi connectivity index (χ3n) is 2.90. The molecule has 2 rings (SSSR count). The molecule has 0 fully saturated rings.